The first-order valence-corrected chi connectivity index (χ1v) is 24.2. The van der Waals surface area contributed by atoms with Gasteiger partial charge in [0.25, 0.3) is 0 Å². The van der Waals surface area contributed by atoms with E-state index in [-0.39, 0.29) is 41.4 Å². The van der Waals surface area contributed by atoms with E-state index in [0.29, 0.717) is 25.8 Å². The van der Waals surface area contributed by atoms with Gasteiger partial charge in [-0.15, -0.1) is 0 Å². The molecule has 0 saturated carbocycles. The minimum Gasteiger partial charge on any atom is -0.354 e. The van der Waals surface area contributed by atoms with Crippen LogP contribution in [-0.2, 0) is 40.0 Å². The summed E-state index contributed by atoms with van der Waals surface area (Å²) in [5.41, 5.74) is 1.08. The first kappa shape index (κ1) is 59.5. The Morgan fingerprint density at radius 1 is 0.470 bits per heavy atom. The highest BCUT2D eigenvalue weighted by molar-refractivity contribution is 5.97. The van der Waals surface area contributed by atoms with Crippen molar-refractivity contribution < 1.29 is 33.6 Å². The Morgan fingerprint density at radius 2 is 0.864 bits per heavy atom. The minimum atomic E-state index is -1.03. The number of nitrogens with zero attached hydrogens (tertiary/aromatic N) is 5. The van der Waals surface area contributed by atoms with Crippen LogP contribution in [-0.4, -0.2) is 157 Å². The maximum atomic E-state index is 14.7. The number of amides is 7. The van der Waals surface area contributed by atoms with Gasteiger partial charge in [-0.1, -0.05) is 127 Å². The molecule has 0 unspecified atom stereocenters. The Bertz CT molecular complexity index is 1730. The van der Waals surface area contributed by atoms with Crippen molar-refractivity contribution in [2.24, 2.45) is 41.4 Å². The van der Waals surface area contributed by atoms with Crippen LogP contribution < -0.4 is 16.0 Å². The molecule has 1 aromatic carbocycles. The standard InChI is InChI=1S/C51H90N8O7/c1-30(2)28-38(52-15)47(62)55(16)39(29-31(3)4)45(60)54-40(32(5)6)48(63)57(18)42(34(9)10)50(65)59(20)44(36(13)14)51(66)58(19)43(35(11)12)49(64)56(17)41(33(7)8)46(61)53-27-26-37-24-22-21-23-25-37/h21-25,30-36,38-44,52H,26-29H2,1-20H3,(H,53,61)(H,54,60)/t38-,39-,40-,41-,42-,43-,44-/m0/s1. The van der Waals surface area contributed by atoms with E-state index < -0.39 is 83.7 Å². The van der Waals surface area contributed by atoms with E-state index in [0.717, 1.165) is 5.56 Å². The van der Waals surface area contributed by atoms with E-state index in [1.807, 2.05) is 127 Å². The quantitative estimate of drug-likeness (QED) is 0.118. The van der Waals surface area contributed by atoms with Crippen LogP contribution in [0.5, 0.6) is 0 Å². The summed E-state index contributed by atoms with van der Waals surface area (Å²) in [5.74, 6) is -4.22. The van der Waals surface area contributed by atoms with Gasteiger partial charge in [-0.25, -0.2) is 0 Å². The molecule has 376 valence electrons. The third-order valence-electron chi connectivity index (χ3n) is 12.6. The number of hydrogen-bond acceptors (Lipinski definition) is 8. The number of carbonyl (C=O) groups excluding carboxylic acids is 7. The largest absolute Gasteiger partial charge is 0.354 e. The third-order valence-corrected chi connectivity index (χ3v) is 12.6. The molecule has 0 aliphatic carbocycles. The first-order chi connectivity index (χ1) is 30.5. The zero-order valence-corrected chi connectivity index (χ0v) is 44.4. The molecule has 66 heavy (non-hydrogen) atoms. The number of benzene rings is 1. The molecule has 0 spiro atoms. The van der Waals surface area contributed by atoms with Gasteiger partial charge in [0.05, 0.1) is 6.04 Å². The van der Waals surface area contributed by atoms with E-state index in [1.165, 1.54) is 31.5 Å². The summed E-state index contributed by atoms with van der Waals surface area (Å²) in [6.07, 6.45) is 1.60. The number of likely N-dealkylation sites (N-methyl/N-ethyl adjacent to an activating group) is 6. The van der Waals surface area contributed by atoms with Gasteiger partial charge in [0, 0.05) is 41.8 Å². The zero-order chi connectivity index (χ0) is 51.1. The predicted molar refractivity (Wildman–Crippen MR) is 264 cm³/mol. The molecule has 0 fully saturated rings. The van der Waals surface area contributed by atoms with Gasteiger partial charge in [-0.3, -0.25) is 33.6 Å². The van der Waals surface area contributed by atoms with Crippen LogP contribution in [0.15, 0.2) is 30.3 Å². The number of carbonyl (C=O) groups is 7. The fraction of sp³-hybridized carbons (Fsp3) is 0.745. The summed E-state index contributed by atoms with van der Waals surface area (Å²) in [4.78, 5) is 107. The summed E-state index contributed by atoms with van der Waals surface area (Å²) >= 11 is 0. The van der Waals surface area contributed by atoms with Crippen molar-refractivity contribution in [3.63, 3.8) is 0 Å². The zero-order valence-electron chi connectivity index (χ0n) is 44.4. The van der Waals surface area contributed by atoms with Gasteiger partial charge in [-0.2, -0.15) is 0 Å². The van der Waals surface area contributed by atoms with Crippen LogP contribution in [0.4, 0.5) is 0 Å². The van der Waals surface area contributed by atoms with Crippen molar-refractivity contribution in [1.82, 2.24) is 40.4 Å². The van der Waals surface area contributed by atoms with E-state index in [9.17, 15) is 33.6 Å². The van der Waals surface area contributed by atoms with Crippen molar-refractivity contribution in [1.29, 1.82) is 0 Å². The van der Waals surface area contributed by atoms with Crippen molar-refractivity contribution in [3.05, 3.63) is 35.9 Å². The fourth-order valence-corrected chi connectivity index (χ4v) is 8.96. The average Bonchev–Trinajstić information content (AvgIpc) is 3.22. The smallest absolute Gasteiger partial charge is 0.246 e. The van der Waals surface area contributed by atoms with E-state index in [4.69, 9.17) is 0 Å². The summed E-state index contributed by atoms with van der Waals surface area (Å²) < 4.78 is 0. The van der Waals surface area contributed by atoms with Crippen molar-refractivity contribution in [2.45, 2.75) is 158 Å². The molecule has 0 aromatic heterocycles. The van der Waals surface area contributed by atoms with Gasteiger partial charge in [0.15, 0.2) is 0 Å². The lowest BCUT2D eigenvalue weighted by atomic mass is 9.93. The van der Waals surface area contributed by atoms with E-state index in [1.54, 1.807) is 35.2 Å². The maximum absolute atomic E-state index is 14.7. The van der Waals surface area contributed by atoms with Crippen LogP contribution in [0.25, 0.3) is 0 Å². The van der Waals surface area contributed by atoms with Crippen LogP contribution in [0.3, 0.4) is 0 Å². The Morgan fingerprint density at radius 3 is 1.23 bits per heavy atom. The first-order valence-electron chi connectivity index (χ1n) is 24.2. The molecule has 15 heteroatoms. The highest BCUT2D eigenvalue weighted by atomic mass is 16.2. The Balaban J connectivity index is 3.46. The monoisotopic (exact) mass is 927 g/mol. The predicted octanol–water partition coefficient (Wildman–Crippen LogP) is 4.93. The lowest BCUT2D eigenvalue weighted by Gasteiger charge is -2.42. The summed E-state index contributed by atoms with van der Waals surface area (Å²) in [6, 6.07) is 3.66. The van der Waals surface area contributed by atoms with Crippen LogP contribution in [0, 0.1) is 41.4 Å². The maximum Gasteiger partial charge on any atom is 0.246 e. The molecule has 15 nitrogen and oxygen atoms in total. The molecule has 7 amide bonds. The summed E-state index contributed by atoms with van der Waals surface area (Å²) in [5, 5.41) is 9.05. The molecular weight excluding hydrogens is 837 g/mol. The molecule has 0 bridgehead atoms. The summed E-state index contributed by atoms with van der Waals surface area (Å²) in [7, 11) is 9.58. The second-order valence-electron chi connectivity index (χ2n) is 20.9. The molecule has 0 radical (unpaired) electrons. The minimum absolute atomic E-state index is 0.0628. The second-order valence-corrected chi connectivity index (χ2v) is 20.9. The lowest BCUT2D eigenvalue weighted by molar-refractivity contribution is -0.157. The third kappa shape index (κ3) is 16.4. The molecule has 0 heterocycles. The Labute approximate surface area is 398 Å². The van der Waals surface area contributed by atoms with Crippen LogP contribution in [0.2, 0.25) is 0 Å². The van der Waals surface area contributed by atoms with Crippen molar-refractivity contribution >= 4 is 41.4 Å². The van der Waals surface area contributed by atoms with E-state index >= 15 is 0 Å². The number of nitrogens with one attached hydrogen (secondary N) is 3. The van der Waals surface area contributed by atoms with Gasteiger partial charge in [0.2, 0.25) is 41.4 Å². The Hall–Kier alpha value is -4.53. The molecule has 7 atom stereocenters. The van der Waals surface area contributed by atoms with Crippen LogP contribution in [0.1, 0.15) is 115 Å². The molecule has 3 N–H and O–H groups in total. The molecule has 0 aliphatic rings. The van der Waals surface area contributed by atoms with Crippen molar-refractivity contribution in [2.75, 3.05) is 48.8 Å². The SMILES string of the molecule is CN[C@@H](CC(C)C)C(=O)N(C)[C@@H](CC(C)C)C(=O)N[C@H](C(=O)N(C)[C@H](C(=O)N(C)[C@H](C(=O)N(C)[C@H](C(=O)N(C)[C@H](C(=O)NCCc1ccccc1)C(C)C)C(C)C)C(C)C)C(C)C)C(C)C. The van der Waals surface area contributed by atoms with Gasteiger partial charge < -0.3 is 40.4 Å². The highest BCUT2D eigenvalue weighted by Gasteiger charge is 2.44. The van der Waals surface area contributed by atoms with Gasteiger partial charge in [0.1, 0.15) is 36.3 Å². The fourth-order valence-electron chi connectivity index (χ4n) is 8.96. The molecular formula is C51H90N8O7. The van der Waals surface area contributed by atoms with Crippen LogP contribution >= 0.6 is 0 Å². The normalized spacial score (nSPS) is 15.0. The van der Waals surface area contributed by atoms with Crippen molar-refractivity contribution in [3.8, 4) is 0 Å². The Kier molecular flexibility index (Phi) is 24.6. The topological polar surface area (TPSA) is 172 Å². The average molecular weight is 927 g/mol. The second kappa shape index (κ2) is 27.3. The molecule has 0 saturated heterocycles. The number of hydrogen-bond donors (Lipinski definition) is 3. The van der Waals surface area contributed by atoms with E-state index in [2.05, 4.69) is 16.0 Å². The van der Waals surface area contributed by atoms with Gasteiger partial charge >= 0.3 is 0 Å². The van der Waals surface area contributed by atoms with Gasteiger partial charge in [-0.05, 0) is 73.3 Å². The molecule has 1 aromatic rings. The highest BCUT2D eigenvalue weighted by Crippen LogP contribution is 2.24. The lowest BCUT2D eigenvalue weighted by Crippen LogP contribution is -2.63. The summed E-state index contributed by atoms with van der Waals surface area (Å²) in [6.45, 7) is 26.8. The number of rotatable bonds is 26. The molecule has 0 aliphatic heterocycles. The molecule has 1 rings (SSSR count).